The molecular formula is C37H35N3O7S2. The predicted octanol–water partition coefficient (Wildman–Crippen LogP) is 5.73. The number of anilines is 1. The van der Waals surface area contributed by atoms with Gasteiger partial charge in [-0.05, 0) is 66.2 Å². The van der Waals surface area contributed by atoms with Crippen molar-refractivity contribution in [2.75, 3.05) is 18.5 Å². The molecule has 3 N–H and O–H groups in total. The number of carbonyl (C=O) groups is 4. The minimum Gasteiger partial charge on any atom is -0.484 e. The normalized spacial score (nSPS) is 26.4. The van der Waals surface area contributed by atoms with Gasteiger partial charge in [-0.1, -0.05) is 66.3 Å². The van der Waals surface area contributed by atoms with Gasteiger partial charge in [0.05, 0.1) is 16.9 Å². The second-order valence-electron chi connectivity index (χ2n) is 13.4. The SMILES string of the molecule is O=C(O)CCCCCN1C(=O)C2C3CC(C2C1=O)C1C3Sc2[nH]c(=O)sc2[C@@H]1c1cccc(OCC(=O)Nc2cccc3ccccc23)c1. The van der Waals surface area contributed by atoms with E-state index in [2.05, 4.69) is 10.3 Å². The lowest BCUT2D eigenvalue weighted by Gasteiger charge is -2.43. The molecular weight excluding hydrogens is 663 g/mol. The summed E-state index contributed by atoms with van der Waals surface area (Å²) in [4.78, 5) is 69.3. The van der Waals surface area contributed by atoms with Crippen LogP contribution in [0, 0.1) is 29.6 Å². The lowest BCUT2D eigenvalue weighted by atomic mass is 9.68. The van der Waals surface area contributed by atoms with E-state index in [0.717, 1.165) is 32.7 Å². The number of carboxylic acids is 1. The van der Waals surface area contributed by atoms with Gasteiger partial charge in [-0.25, -0.2) is 0 Å². The fourth-order valence-corrected chi connectivity index (χ4v) is 11.8. The van der Waals surface area contributed by atoms with E-state index in [1.54, 1.807) is 11.8 Å². The van der Waals surface area contributed by atoms with Crippen molar-refractivity contribution in [3.63, 3.8) is 0 Å². The van der Waals surface area contributed by atoms with Crippen LogP contribution in [-0.2, 0) is 19.2 Å². The maximum absolute atomic E-state index is 13.8. The number of carbonyl (C=O) groups excluding carboxylic acids is 3. The Balaban J connectivity index is 1.01. The number of nitrogens with one attached hydrogen (secondary N) is 2. The summed E-state index contributed by atoms with van der Waals surface area (Å²) in [7, 11) is 0. The molecule has 2 aliphatic carbocycles. The van der Waals surface area contributed by atoms with Crippen LogP contribution in [0.25, 0.3) is 10.8 Å². The number of unbranched alkanes of at least 4 members (excludes halogenated alkanes) is 2. The molecule has 3 fully saturated rings. The Labute approximate surface area is 290 Å². The third-order valence-electron chi connectivity index (χ3n) is 10.7. The summed E-state index contributed by atoms with van der Waals surface area (Å²) in [5, 5.41) is 14.8. The van der Waals surface area contributed by atoms with E-state index in [1.807, 2.05) is 66.7 Å². The fourth-order valence-electron chi connectivity index (χ4n) is 8.86. The Kier molecular flexibility index (Phi) is 8.31. The molecule has 0 radical (unpaired) electrons. The van der Waals surface area contributed by atoms with Gasteiger partial charge in [0.2, 0.25) is 11.8 Å². The van der Waals surface area contributed by atoms with Crippen LogP contribution in [0.5, 0.6) is 5.75 Å². The Morgan fingerprint density at radius 2 is 1.71 bits per heavy atom. The van der Waals surface area contributed by atoms with Crippen molar-refractivity contribution in [2.45, 2.75) is 48.3 Å². The average Bonchev–Trinajstić information content (AvgIpc) is 3.83. The van der Waals surface area contributed by atoms with E-state index in [9.17, 15) is 24.0 Å². The zero-order chi connectivity index (χ0) is 33.8. The average molecular weight is 698 g/mol. The van der Waals surface area contributed by atoms with E-state index >= 15 is 0 Å². The van der Waals surface area contributed by atoms with Crippen LogP contribution < -0.4 is 14.9 Å². The number of imide groups is 1. The van der Waals surface area contributed by atoms with Gasteiger partial charge in [0.25, 0.3) is 5.91 Å². The van der Waals surface area contributed by atoms with Crippen molar-refractivity contribution in [2.24, 2.45) is 29.6 Å². The van der Waals surface area contributed by atoms with Crippen LogP contribution in [0.3, 0.4) is 0 Å². The topological polar surface area (TPSA) is 146 Å². The van der Waals surface area contributed by atoms with Gasteiger partial charge in [0.1, 0.15) is 5.75 Å². The second-order valence-corrected chi connectivity index (χ2v) is 15.6. The minimum absolute atomic E-state index is 0.00707. The number of fused-ring (bicyclic) bond motifs is 10. The van der Waals surface area contributed by atoms with E-state index in [1.165, 1.54) is 16.2 Å². The summed E-state index contributed by atoms with van der Waals surface area (Å²) in [5.74, 6) is -1.63. The standard InChI is InChI=1S/C37H35N3O7S2/c41-26(38-25-13-7-9-19-8-3-4-12-22(19)25)18-47-21-11-6-10-20(16-21)28-29-23-17-24(32(29)48-34-33(28)49-37(46)39-34)31-30(23)35(44)40(36(31)45)15-5-1-2-14-27(42)43/h3-4,6-13,16,23-24,28-32H,1-2,5,14-15,17-18H2,(H,38,41)(H,39,46)(H,42,43)/t23?,24?,28-,29?,30?,31?,32?/m1/s1. The Morgan fingerprint density at radius 3 is 2.55 bits per heavy atom. The molecule has 7 atom stereocenters. The van der Waals surface area contributed by atoms with Gasteiger partial charge < -0.3 is 20.1 Å². The van der Waals surface area contributed by atoms with Crippen LogP contribution in [0.2, 0.25) is 0 Å². The van der Waals surface area contributed by atoms with Crippen LogP contribution in [0.15, 0.2) is 76.6 Å². The molecule has 3 aromatic carbocycles. The number of carboxylic acid groups (broad SMARTS) is 1. The van der Waals surface area contributed by atoms with Crippen LogP contribution in [-0.4, -0.2) is 57.1 Å². The Morgan fingerprint density at radius 1 is 0.939 bits per heavy atom. The lowest BCUT2D eigenvalue weighted by molar-refractivity contribution is -0.141. The summed E-state index contributed by atoms with van der Waals surface area (Å²) >= 11 is 2.84. The van der Waals surface area contributed by atoms with E-state index in [-0.39, 0.29) is 76.4 Å². The molecule has 252 valence electrons. The van der Waals surface area contributed by atoms with Crippen molar-refractivity contribution < 1.29 is 29.0 Å². The summed E-state index contributed by atoms with van der Waals surface area (Å²) in [6.45, 7) is 0.142. The quantitative estimate of drug-likeness (QED) is 0.133. The number of thioether (sulfide) groups is 1. The number of nitrogens with zero attached hydrogens (tertiary/aromatic N) is 1. The van der Waals surface area contributed by atoms with Gasteiger partial charge in [-0.2, -0.15) is 0 Å². The molecule has 12 heteroatoms. The van der Waals surface area contributed by atoms with E-state index in [4.69, 9.17) is 9.84 Å². The van der Waals surface area contributed by atoms with Crippen molar-refractivity contribution in [3.8, 4) is 5.75 Å². The van der Waals surface area contributed by atoms with Crippen LogP contribution in [0.4, 0.5) is 5.69 Å². The number of hydrogen-bond acceptors (Lipinski definition) is 8. The zero-order valence-electron chi connectivity index (χ0n) is 26.5. The molecule has 1 saturated heterocycles. The molecule has 0 spiro atoms. The molecule has 6 unspecified atom stereocenters. The molecule has 3 amide bonds. The highest BCUT2D eigenvalue weighted by molar-refractivity contribution is 8.00. The van der Waals surface area contributed by atoms with Crippen molar-refractivity contribution in [3.05, 3.63) is 86.8 Å². The smallest absolute Gasteiger partial charge is 0.305 e. The Hall–Kier alpha value is -4.42. The van der Waals surface area contributed by atoms with Crippen LogP contribution in [0.1, 0.15) is 48.5 Å². The van der Waals surface area contributed by atoms with Gasteiger partial charge in [-0.3, -0.25) is 28.9 Å². The highest BCUT2D eigenvalue weighted by atomic mass is 32.2. The van der Waals surface area contributed by atoms with Crippen molar-refractivity contribution in [1.29, 1.82) is 0 Å². The highest BCUT2D eigenvalue weighted by Gasteiger charge is 2.69. The number of aliphatic carboxylic acids is 1. The molecule has 8 rings (SSSR count). The maximum Gasteiger partial charge on any atom is 0.305 e. The number of ether oxygens (including phenoxy) is 1. The van der Waals surface area contributed by atoms with Gasteiger partial charge in [0, 0.05) is 40.1 Å². The number of amides is 3. The molecule has 2 saturated carbocycles. The molecule has 4 aliphatic rings. The fraction of sp³-hybridized carbons (Fsp3) is 0.378. The molecule has 49 heavy (non-hydrogen) atoms. The number of rotatable bonds is 11. The number of H-pyrrole nitrogens is 1. The highest BCUT2D eigenvalue weighted by Crippen LogP contribution is 2.68. The minimum atomic E-state index is -0.844. The third-order valence-corrected chi connectivity index (χ3v) is 13.3. The number of aromatic amines is 1. The summed E-state index contributed by atoms with van der Waals surface area (Å²) in [6.07, 6.45) is 2.63. The summed E-state index contributed by atoms with van der Waals surface area (Å²) in [5.41, 5.74) is 1.67. The summed E-state index contributed by atoms with van der Waals surface area (Å²) in [6, 6.07) is 21.3. The van der Waals surface area contributed by atoms with Gasteiger partial charge in [0.15, 0.2) is 6.61 Å². The Bertz CT molecular complexity index is 2040. The monoisotopic (exact) mass is 697 g/mol. The first-order chi connectivity index (χ1) is 23.8. The summed E-state index contributed by atoms with van der Waals surface area (Å²) < 4.78 is 6.01. The first kappa shape index (κ1) is 31.8. The maximum atomic E-state index is 13.8. The number of aromatic nitrogens is 1. The molecule has 1 aromatic heterocycles. The molecule has 3 heterocycles. The van der Waals surface area contributed by atoms with Crippen LogP contribution >= 0.6 is 23.1 Å². The number of likely N-dealkylation sites (tertiary alicyclic amines) is 1. The molecule has 10 nitrogen and oxygen atoms in total. The van der Waals surface area contributed by atoms with E-state index in [0.29, 0.717) is 37.2 Å². The molecule has 2 bridgehead atoms. The largest absolute Gasteiger partial charge is 0.484 e. The number of thiazole rings is 1. The van der Waals surface area contributed by atoms with Gasteiger partial charge in [-0.15, -0.1) is 11.8 Å². The predicted molar refractivity (Wildman–Crippen MR) is 186 cm³/mol. The van der Waals surface area contributed by atoms with Crippen molar-refractivity contribution in [1.82, 2.24) is 9.88 Å². The lowest BCUT2D eigenvalue weighted by Crippen LogP contribution is -2.42. The first-order valence-electron chi connectivity index (χ1n) is 16.8. The van der Waals surface area contributed by atoms with Crippen molar-refractivity contribution >= 4 is 63.2 Å². The number of benzene rings is 3. The molecule has 2 aliphatic heterocycles. The third kappa shape index (κ3) is 5.64. The second kappa shape index (κ2) is 12.8. The van der Waals surface area contributed by atoms with Gasteiger partial charge >= 0.3 is 10.8 Å². The molecule has 4 aromatic rings. The van der Waals surface area contributed by atoms with E-state index < -0.39 is 5.97 Å². The zero-order valence-corrected chi connectivity index (χ0v) is 28.1. The first-order valence-corrected chi connectivity index (χ1v) is 18.4. The number of hydrogen-bond donors (Lipinski definition) is 3.